The summed E-state index contributed by atoms with van der Waals surface area (Å²) in [5.74, 6) is -0.623. The standard InChI is InChI=1S/C13H12FN3O/c1-8(18)16-5-4-10-7-17-11-3-2-9(6-15)13(14)12(10)11/h2-3,7,17H,4-5H2,1H3,(H,16,18). The summed E-state index contributed by atoms with van der Waals surface area (Å²) in [5, 5.41) is 11.9. The van der Waals surface area contributed by atoms with Gasteiger partial charge in [0.1, 0.15) is 6.07 Å². The number of aromatic nitrogens is 1. The van der Waals surface area contributed by atoms with Crippen molar-refractivity contribution in [1.29, 1.82) is 5.26 Å². The molecule has 92 valence electrons. The molecular weight excluding hydrogens is 233 g/mol. The molecule has 1 amide bonds. The Bertz CT molecular complexity index is 639. The normalized spacial score (nSPS) is 10.3. The summed E-state index contributed by atoms with van der Waals surface area (Å²) >= 11 is 0. The molecule has 1 aromatic carbocycles. The molecule has 0 aliphatic carbocycles. The summed E-state index contributed by atoms with van der Waals surface area (Å²) in [6.07, 6.45) is 2.22. The molecule has 0 fully saturated rings. The van der Waals surface area contributed by atoms with Crippen molar-refractivity contribution in [2.24, 2.45) is 0 Å². The van der Waals surface area contributed by atoms with E-state index in [1.54, 1.807) is 12.3 Å². The SMILES string of the molecule is CC(=O)NCCc1c[nH]c2ccc(C#N)c(F)c12. The summed E-state index contributed by atoms with van der Waals surface area (Å²) < 4.78 is 14.0. The van der Waals surface area contributed by atoms with Crippen LogP contribution in [0.2, 0.25) is 0 Å². The largest absolute Gasteiger partial charge is 0.361 e. The fourth-order valence-electron chi connectivity index (χ4n) is 1.90. The smallest absolute Gasteiger partial charge is 0.216 e. The van der Waals surface area contributed by atoms with Gasteiger partial charge in [-0.3, -0.25) is 4.79 Å². The van der Waals surface area contributed by atoms with Crippen molar-refractivity contribution in [2.45, 2.75) is 13.3 Å². The van der Waals surface area contributed by atoms with E-state index in [0.29, 0.717) is 23.9 Å². The molecule has 2 rings (SSSR count). The topological polar surface area (TPSA) is 68.7 Å². The Labute approximate surface area is 103 Å². The molecular formula is C13H12FN3O. The van der Waals surface area contributed by atoms with Crippen LogP contribution < -0.4 is 5.32 Å². The van der Waals surface area contributed by atoms with Crippen molar-refractivity contribution in [1.82, 2.24) is 10.3 Å². The predicted molar refractivity (Wildman–Crippen MR) is 65.4 cm³/mol. The molecule has 0 spiro atoms. The monoisotopic (exact) mass is 245 g/mol. The van der Waals surface area contributed by atoms with Gasteiger partial charge >= 0.3 is 0 Å². The minimum atomic E-state index is -0.505. The second-order valence-electron chi connectivity index (χ2n) is 4.01. The molecule has 0 aliphatic rings. The number of fused-ring (bicyclic) bond motifs is 1. The molecule has 0 radical (unpaired) electrons. The molecule has 2 N–H and O–H groups in total. The molecule has 4 nitrogen and oxygen atoms in total. The first kappa shape index (κ1) is 12.1. The van der Waals surface area contributed by atoms with Gasteiger partial charge in [0, 0.05) is 30.6 Å². The maximum Gasteiger partial charge on any atom is 0.216 e. The Balaban J connectivity index is 2.34. The highest BCUT2D eigenvalue weighted by Crippen LogP contribution is 2.24. The van der Waals surface area contributed by atoms with Crippen LogP contribution in [0, 0.1) is 17.1 Å². The number of carbonyl (C=O) groups is 1. The first-order chi connectivity index (χ1) is 8.63. The third-order valence-corrected chi connectivity index (χ3v) is 2.75. The maximum absolute atomic E-state index is 14.0. The van der Waals surface area contributed by atoms with Gasteiger partial charge in [-0.05, 0) is 24.1 Å². The Morgan fingerprint density at radius 3 is 3.00 bits per heavy atom. The Kier molecular flexibility index (Phi) is 3.28. The molecule has 1 aromatic heterocycles. The van der Waals surface area contributed by atoms with Gasteiger partial charge in [-0.15, -0.1) is 0 Å². The van der Waals surface area contributed by atoms with E-state index < -0.39 is 5.82 Å². The number of hydrogen-bond acceptors (Lipinski definition) is 2. The predicted octanol–water partition coefficient (Wildman–Crippen LogP) is 1.86. The van der Waals surface area contributed by atoms with Crippen molar-refractivity contribution in [3.8, 4) is 6.07 Å². The number of aromatic amines is 1. The number of rotatable bonds is 3. The van der Waals surface area contributed by atoms with Crippen molar-refractivity contribution >= 4 is 16.8 Å². The molecule has 0 unspecified atom stereocenters. The number of hydrogen-bond donors (Lipinski definition) is 2. The quantitative estimate of drug-likeness (QED) is 0.866. The van der Waals surface area contributed by atoms with E-state index in [1.807, 2.05) is 6.07 Å². The van der Waals surface area contributed by atoms with Gasteiger partial charge in [0.15, 0.2) is 5.82 Å². The molecule has 0 saturated carbocycles. The second kappa shape index (κ2) is 4.88. The molecule has 5 heteroatoms. The van der Waals surface area contributed by atoms with Crippen molar-refractivity contribution < 1.29 is 9.18 Å². The number of nitriles is 1. The summed E-state index contributed by atoms with van der Waals surface area (Å²) in [4.78, 5) is 13.7. The maximum atomic E-state index is 14.0. The fraction of sp³-hybridized carbons (Fsp3) is 0.231. The molecule has 18 heavy (non-hydrogen) atoms. The van der Waals surface area contributed by atoms with Crippen LogP contribution in [-0.2, 0) is 11.2 Å². The molecule has 0 saturated heterocycles. The van der Waals surface area contributed by atoms with Gasteiger partial charge in [0.05, 0.1) is 5.56 Å². The zero-order valence-corrected chi connectivity index (χ0v) is 9.88. The van der Waals surface area contributed by atoms with Gasteiger partial charge in [0.2, 0.25) is 5.91 Å². The molecule has 0 aliphatic heterocycles. The van der Waals surface area contributed by atoms with Crippen LogP contribution >= 0.6 is 0 Å². The molecule has 0 bridgehead atoms. The van der Waals surface area contributed by atoms with E-state index in [4.69, 9.17) is 5.26 Å². The van der Waals surface area contributed by atoms with Crippen LogP contribution in [0.1, 0.15) is 18.1 Å². The molecule has 1 heterocycles. The number of H-pyrrole nitrogens is 1. The lowest BCUT2D eigenvalue weighted by atomic mass is 10.1. The van der Waals surface area contributed by atoms with E-state index >= 15 is 0 Å². The zero-order valence-electron chi connectivity index (χ0n) is 9.88. The highest BCUT2D eigenvalue weighted by Gasteiger charge is 2.12. The average molecular weight is 245 g/mol. The third-order valence-electron chi connectivity index (χ3n) is 2.75. The van der Waals surface area contributed by atoms with Gasteiger partial charge in [-0.1, -0.05) is 0 Å². The van der Waals surface area contributed by atoms with Crippen LogP contribution in [0.5, 0.6) is 0 Å². The number of carbonyl (C=O) groups excluding carboxylic acids is 1. The fourth-order valence-corrected chi connectivity index (χ4v) is 1.90. The minimum absolute atomic E-state index is 0.0304. The average Bonchev–Trinajstić information content (AvgIpc) is 2.73. The minimum Gasteiger partial charge on any atom is -0.361 e. The van der Waals surface area contributed by atoms with Crippen molar-refractivity contribution in [2.75, 3.05) is 6.54 Å². The summed E-state index contributed by atoms with van der Waals surface area (Å²) in [5.41, 5.74) is 1.44. The van der Waals surface area contributed by atoms with Crippen LogP contribution in [0.25, 0.3) is 10.9 Å². The number of benzene rings is 1. The summed E-state index contributed by atoms with van der Waals surface area (Å²) in [7, 11) is 0. The second-order valence-corrected chi connectivity index (χ2v) is 4.01. The zero-order chi connectivity index (χ0) is 13.1. The number of halogens is 1. The Morgan fingerprint density at radius 2 is 2.33 bits per heavy atom. The van der Waals surface area contributed by atoms with Crippen LogP contribution in [0.15, 0.2) is 18.3 Å². The molecule has 2 aromatic rings. The van der Waals surface area contributed by atoms with Crippen LogP contribution in [0.3, 0.4) is 0 Å². The van der Waals surface area contributed by atoms with Crippen LogP contribution in [0.4, 0.5) is 4.39 Å². The van der Waals surface area contributed by atoms with Gasteiger partial charge in [-0.2, -0.15) is 5.26 Å². The number of amides is 1. The first-order valence-electron chi connectivity index (χ1n) is 5.56. The van der Waals surface area contributed by atoms with E-state index in [1.165, 1.54) is 13.0 Å². The third kappa shape index (κ3) is 2.18. The van der Waals surface area contributed by atoms with Crippen molar-refractivity contribution in [3.05, 3.63) is 35.3 Å². The van der Waals surface area contributed by atoms with Gasteiger partial charge < -0.3 is 10.3 Å². The molecule has 0 atom stereocenters. The lowest BCUT2D eigenvalue weighted by molar-refractivity contribution is -0.118. The van der Waals surface area contributed by atoms with E-state index in [2.05, 4.69) is 10.3 Å². The van der Waals surface area contributed by atoms with Crippen LogP contribution in [-0.4, -0.2) is 17.4 Å². The van der Waals surface area contributed by atoms with E-state index in [0.717, 1.165) is 5.56 Å². The number of nitrogens with one attached hydrogen (secondary N) is 2. The summed E-state index contributed by atoms with van der Waals surface area (Å²) in [6, 6.07) is 4.95. The Morgan fingerprint density at radius 1 is 1.56 bits per heavy atom. The van der Waals surface area contributed by atoms with E-state index in [9.17, 15) is 9.18 Å². The van der Waals surface area contributed by atoms with E-state index in [-0.39, 0.29) is 11.5 Å². The Hall–Kier alpha value is -2.35. The lowest BCUT2D eigenvalue weighted by Gasteiger charge is -2.02. The van der Waals surface area contributed by atoms with Gasteiger partial charge in [0.25, 0.3) is 0 Å². The van der Waals surface area contributed by atoms with Crippen molar-refractivity contribution in [3.63, 3.8) is 0 Å². The number of nitrogens with zero attached hydrogens (tertiary/aromatic N) is 1. The van der Waals surface area contributed by atoms with Gasteiger partial charge in [-0.25, -0.2) is 4.39 Å². The summed E-state index contributed by atoms with van der Waals surface area (Å²) in [6.45, 7) is 1.88. The highest BCUT2D eigenvalue weighted by molar-refractivity contribution is 5.85. The first-order valence-corrected chi connectivity index (χ1v) is 5.56. The highest BCUT2D eigenvalue weighted by atomic mass is 19.1. The lowest BCUT2D eigenvalue weighted by Crippen LogP contribution is -2.22.